The molecule has 0 saturated heterocycles. The Kier molecular flexibility index (Phi) is 55.7. The van der Waals surface area contributed by atoms with Crippen LogP contribution in [0.4, 0.5) is 0 Å². The lowest BCUT2D eigenvalue weighted by molar-refractivity contribution is -0.870. The van der Waals surface area contributed by atoms with E-state index in [4.69, 9.17) is 13.8 Å². The number of phosphoric ester groups is 1. The predicted octanol–water partition coefficient (Wildman–Crippen LogP) is 20.5. The molecule has 0 aromatic carbocycles. The molecule has 3 unspecified atom stereocenters. The summed E-state index contributed by atoms with van der Waals surface area (Å²) in [6.07, 6.45) is 71.0. The number of carbonyl (C=O) groups is 2. The highest BCUT2D eigenvalue weighted by molar-refractivity contribution is 7.47. The molecule has 0 heterocycles. The van der Waals surface area contributed by atoms with Crippen LogP contribution in [0.2, 0.25) is 0 Å². The molecular formula is C67H128N2O7P+. The Morgan fingerprint density at radius 2 is 0.792 bits per heavy atom. The van der Waals surface area contributed by atoms with Crippen molar-refractivity contribution >= 4 is 19.7 Å². The summed E-state index contributed by atoms with van der Waals surface area (Å²) >= 11 is 0. The molecule has 3 atom stereocenters. The highest BCUT2D eigenvalue weighted by Crippen LogP contribution is 2.43. The van der Waals surface area contributed by atoms with Gasteiger partial charge in [0.25, 0.3) is 0 Å². The fraction of sp³-hybridized carbons (Fsp3) is 0.851. The van der Waals surface area contributed by atoms with Crippen molar-refractivity contribution in [3.8, 4) is 0 Å². The number of unbranched alkanes of at least 4 members (excludes halogenated alkanes) is 38. The third-order valence-electron chi connectivity index (χ3n) is 14.8. The number of likely N-dealkylation sites (N-methyl/N-ethyl adjacent to an activating group) is 1. The zero-order valence-corrected chi connectivity index (χ0v) is 52.6. The number of quaternary nitrogens is 1. The number of esters is 1. The number of carbonyl (C=O) groups excluding carboxylic acids is 2. The van der Waals surface area contributed by atoms with E-state index in [1.807, 2.05) is 33.3 Å². The zero-order valence-electron chi connectivity index (χ0n) is 51.7. The molecule has 0 aliphatic carbocycles. The number of nitrogens with zero attached hydrogens (tertiary/aromatic N) is 1. The van der Waals surface area contributed by atoms with Crippen molar-refractivity contribution in [1.82, 2.24) is 5.32 Å². The normalized spacial score (nSPS) is 13.9. The quantitative estimate of drug-likeness (QED) is 0.0205. The first-order chi connectivity index (χ1) is 37.4. The van der Waals surface area contributed by atoms with Crippen molar-refractivity contribution in [3.05, 3.63) is 48.6 Å². The Balaban J connectivity index is 5.23. The second kappa shape index (κ2) is 57.2. The first kappa shape index (κ1) is 75.0. The summed E-state index contributed by atoms with van der Waals surface area (Å²) in [5.74, 6) is -0.506. The van der Waals surface area contributed by atoms with Crippen LogP contribution in [0.3, 0.4) is 0 Å². The van der Waals surface area contributed by atoms with Crippen LogP contribution < -0.4 is 5.32 Å². The van der Waals surface area contributed by atoms with Gasteiger partial charge in [-0.3, -0.25) is 18.6 Å². The lowest BCUT2D eigenvalue weighted by Gasteiger charge is -2.27. The summed E-state index contributed by atoms with van der Waals surface area (Å²) in [4.78, 5) is 37.8. The molecule has 0 aromatic heterocycles. The van der Waals surface area contributed by atoms with E-state index in [1.165, 1.54) is 199 Å². The highest BCUT2D eigenvalue weighted by atomic mass is 31.2. The molecule has 0 aromatic rings. The largest absolute Gasteiger partial charge is 0.472 e. The fourth-order valence-electron chi connectivity index (χ4n) is 9.65. The molecular weight excluding hydrogens is 976 g/mol. The number of hydrogen-bond acceptors (Lipinski definition) is 6. The van der Waals surface area contributed by atoms with Crippen molar-refractivity contribution in [1.29, 1.82) is 0 Å². The van der Waals surface area contributed by atoms with Gasteiger partial charge in [-0.05, 0) is 70.3 Å². The Bertz CT molecular complexity index is 1460. The lowest BCUT2D eigenvalue weighted by Crippen LogP contribution is -2.47. The third-order valence-corrected chi connectivity index (χ3v) is 15.8. The average molecular weight is 1100 g/mol. The van der Waals surface area contributed by atoms with E-state index in [2.05, 4.69) is 62.5 Å². The summed E-state index contributed by atoms with van der Waals surface area (Å²) in [5.41, 5.74) is 0. The number of ether oxygens (including phenoxy) is 1. The average Bonchev–Trinajstić information content (AvgIpc) is 3.39. The smallest absolute Gasteiger partial charge is 0.456 e. The van der Waals surface area contributed by atoms with Crippen LogP contribution in [0.5, 0.6) is 0 Å². The van der Waals surface area contributed by atoms with Crippen molar-refractivity contribution in [2.75, 3.05) is 40.9 Å². The van der Waals surface area contributed by atoms with Gasteiger partial charge in [0, 0.05) is 12.8 Å². The SMILES string of the molecule is CCCCC/C=C\C/C=C\C/C=C\CCCCCCCCC(=O)OC(/C=C/CCCCCCCCCCCCC)C(COP(=O)(O)OCC[N+](C)(C)C)NC(=O)CCCCCCCCCCCCCCCCCCCCC. The van der Waals surface area contributed by atoms with Gasteiger partial charge in [-0.15, -0.1) is 0 Å². The maximum absolute atomic E-state index is 13.6. The maximum Gasteiger partial charge on any atom is 0.472 e. The van der Waals surface area contributed by atoms with Crippen molar-refractivity contribution < 1.29 is 37.3 Å². The molecule has 0 spiro atoms. The van der Waals surface area contributed by atoms with Gasteiger partial charge in [0.2, 0.25) is 5.91 Å². The van der Waals surface area contributed by atoms with E-state index in [0.717, 1.165) is 83.5 Å². The van der Waals surface area contributed by atoms with Crippen molar-refractivity contribution in [2.45, 2.75) is 328 Å². The van der Waals surface area contributed by atoms with Gasteiger partial charge in [-0.25, -0.2) is 4.57 Å². The molecule has 9 nitrogen and oxygen atoms in total. The van der Waals surface area contributed by atoms with E-state index in [9.17, 15) is 19.0 Å². The molecule has 0 bridgehead atoms. The van der Waals surface area contributed by atoms with Crippen molar-refractivity contribution in [3.63, 3.8) is 0 Å². The number of rotatable bonds is 60. The lowest BCUT2D eigenvalue weighted by atomic mass is 10.0. The first-order valence-corrected chi connectivity index (χ1v) is 34.5. The van der Waals surface area contributed by atoms with Crippen LogP contribution in [0.15, 0.2) is 48.6 Å². The van der Waals surface area contributed by atoms with Gasteiger partial charge in [0.15, 0.2) is 0 Å². The highest BCUT2D eigenvalue weighted by Gasteiger charge is 2.30. The van der Waals surface area contributed by atoms with Crippen LogP contribution in [-0.4, -0.2) is 74.3 Å². The van der Waals surface area contributed by atoms with Gasteiger partial charge >= 0.3 is 13.8 Å². The second-order valence-corrected chi connectivity index (χ2v) is 25.1. The van der Waals surface area contributed by atoms with Gasteiger partial charge < -0.3 is 19.4 Å². The minimum Gasteiger partial charge on any atom is -0.456 e. The molecule has 1 amide bonds. The van der Waals surface area contributed by atoms with E-state index in [0.29, 0.717) is 17.4 Å². The molecule has 0 aliphatic heterocycles. The molecule has 0 rings (SSSR count). The Hall–Kier alpha value is -2.03. The Morgan fingerprint density at radius 3 is 1.21 bits per heavy atom. The monoisotopic (exact) mass is 1100 g/mol. The maximum atomic E-state index is 13.6. The van der Waals surface area contributed by atoms with Crippen LogP contribution >= 0.6 is 7.82 Å². The zero-order chi connectivity index (χ0) is 56.4. The minimum atomic E-state index is -4.45. The fourth-order valence-corrected chi connectivity index (χ4v) is 10.4. The topological polar surface area (TPSA) is 111 Å². The minimum absolute atomic E-state index is 0.0393. The van der Waals surface area contributed by atoms with Gasteiger partial charge in [-0.1, -0.05) is 282 Å². The number of amides is 1. The molecule has 0 radical (unpaired) electrons. The van der Waals surface area contributed by atoms with Crippen LogP contribution in [0.1, 0.15) is 316 Å². The standard InChI is InChI=1S/C67H127N2O7P/c1-7-10-13-16-19-22-25-28-30-32-34-36-38-41-44-47-50-53-56-59-66(70)68-64(63-75-77(72,73)74-62-61-69(4,5)6)65(58-55-52-49-46-43-40-27-24-21-18-15-12-9-3)76-67(71)60-57-54-51-48-45-42-39-37-35-33-31-29-26-23-20-17-14-11-8-2/h20,23,29,31,35,37,55,58,64-65H,7-19,21-22,24-28,30,32-34,36,38-54,56-57,59-63H2,1-6H3,(H-,68,70,72,73)/p+1/b23-20-,31-29-,37-35-,58-55+. The first-order valence-electron chi connectivity index (χ1n) is 33.0. The van der Waals surface area contributed by atoms with E-state index in [-0.39, 0.29) is 31.5 Å². The molecule has 452 valence electrons. The Labute approximate surface area is 478 Å². The summed E-state index contributed by atoms with van der Waals surface area (Å²) in [7, 11) is 1.50. The van der Waals surface area contributed by atoms with Gasteiger partial charge in [-0.2, -0.15) is 0 Å². The number of allylic oxidation sites excluding steroid dienone is 7. The molecule has 2 N–H and O–H groups in total. The molecule has 0 fully saturated rings. The number of nitrogens with one attached hydrogen (secondary N) is 1. The molecule has 0 saturated carbocycles. The summed E-state index contributed by atoms with van der Waals surface area (Å²) < 4.78 is 30.8. The predicted molar refractivity (Wildman–Crippen MR) is 332 cm³/mol. The molecule has 10 heteroatoms. The van der Waals surface area contributed by atoms with E-state index in [1.54, 1.807) is 0 Å². The summed E-state index contributed by atoms with van der Waals surface area (Å²) in [5, 5.41) is 3.07. The molecule has 0 aliphatic rings. The van der Waals surface area contributed by atoms with Crippen LogP contribution in [0.25, 0.3) is 0 Å². The summed E-state index contributed by atoms with van der Waals surface area (Å²) in [6.45, 7) is 7.02. The van der Waals surface area contributed by atoms with E-state index < -0.39 is 20.0 Å². The third kappa shape index (κ3) is 58.4. The molecule has 77 heavy (non-hydrogen) atoms. The van der Waals surface area contributed by atoms with Gasteiger partial charge in [0.1, 0.15) is 19.3 Å². The number of phosphoric acid groups is 1. The number of hydrogen-bond donors (Lipinski definition) is 2. The summed E-state index contributed by atoms with van der Waals surface area (Å²) in [6, 6.07) is -0.852. The van der Waals surface area contributed by atoms with E-state index >= 15 is 0 Å². The Morgan fingerprint density at radius 1 is 0.455 bits per heavy atom. The second-order valence-electron chi connectivity index (χ2n) is 23.6. The van der Waals surface area contributed by atoms with Crippen LogP contribution in [-0.2, 0) is 27.9 Å². The van der Waals surface area contributed by atoms with Crippen molar-refractivity contribution in [2.24, 2.45) is 0 Å². The van der Waals surface area contributed by atoms with Gasteiger partial charge in [0.05, 0.1) is 33.8 Å². The van der Waals surface area contributed by atoms with Crippen LogP contribution in [0, 0.1) is 0 Å².